The van der Waals surface area contributed by atoms with E-state index in [1.165, 1.54) is 0 Å². The summed E-state index contributed by atoms with van der Waals surface area (Å²) < 4.78 is 11.6. The Labute approximate surface area is 97.4 Å². The van der Waals surface area contributed by atoms with E-state index in [4.69, 9.17) is 9.47 Å². The van der Waals surface area contributed by atoms with Crippen molar-refractivity contribution in [2.45, 2.75) is 70.1 Å². The molecule has 1 N–H and O–H groups in total. The zero-order valence-corrected chi connectivity index (χ0v) is 10.4. The molecule has 1 saturated heterocycles. The summed E-state index contributed by atoms with van der Waals surface area (Å²) in [5.74, 6) is -0.568. The van der Waals surface area contributed by atoms with Gasteiger partial charge in [0.1, 0.15) is 11.7 Å². The van der Waals surface area contributed by atoms with E-state index in [0.29, 0.717) is 0 Å². The van der Waals surface area contributed by atoms with Gasteiger partial charge in [0, 0.05) is 0 Å². The van der Waals surface area contributed by atoms with E-state index in [0.717, 1.165) is 25.7 Å². The number of hydrogen-bond acceptors (Lipinski definition) is 3. The largest absolute Gasteiger partial charge is 0.383 e. The van der Waals surface area contributed by atoms with Crippen LogP contribution in [0.1, 0.15) is 46.5 Å². The molecule has 3 heteroatoms. The number of unbranched alkanes of at least 4 members (excludes halogenated alkanes) is 1. The topological polar surface area (TPSA) is 38.7 Å². The molecule has 16 heavy (non-hydrogen) atoms. The number of ether oxygens (including phenoxy) is 2. The van der Waals surface area contributed by atoms with Crippen LogP contribution in [0.25, 0.3) is 0 Å². The Hall–Kier alpha value is -0.380. The van der Waals surface area contributed by atoms with Gasteiger partial charge >= 0.3 is 0 Å². The van der Waals surface area contributed by atoms with Gasteiger partial charge in [-0.2, -0.15) is 0 Å². The molecule has 0 amide bonds. The lowest BCUT2D eigenvalue weighted by atomic mass is 9.82. The Kier molecular flexibility index (Phi) is 3.12. The molecule has 3 atom stereocenters. The number of fused-ring (bicyclic) bond motifs is 1. The lowest BCUT2D eigenvalue weighted by Gasteiger charge is -2.35. The molecule has 1 aliphatic heterocycles. The molecule has 0 aromatic rings. The first-order valence-corrected chi connectivity index (χ1v) is 6.22. The maximum absolute atomic E-state index is 10.6. The van der Waals surface area contributed by atoms with Gasteiger partial charge in [0.05, 0.1) is 6.10 Å². The fraction of sp³-hybridized carbons (Fsp3) is 0.846. The SMILES string of the molecule is CCCCC1(O)C=CC[C@@H]2OC(C)(C)O[C@@H]21. The Bertz CT molecular complexity index is 285. The summed E-state index contributed by atoms with van der Waals surface area (Å²) in [6.07, 6.45) is 7.38. The van der Waals surface area contributed by atoms with Crippen LogP contribution in [0.2, 0.25) is 0 Å². The third-order valence-corrected chi connectivity index (χ3v) is 3.38. The Morgan fingerprint density at radius 3 is 2.81 bits per heavy atom. The minimum Gasteiger partial charge on any atom is -0.383 e. The van der Waals surface area contributed by atoms with E-state index in [1.807, 2.05) is 26.0 Å². The third kappa shape index (κ3) is 2.17. The van der Waals surface area contributed by atoms with Crippen LogP contribution >= 0.6 is 0 Å². The normalized spacial score (nSPS) is 41.0. The molecule has 1 aliphatic carbocycles. The molecule has 0 spiro atoms. The van der Waals surface area contributed by atoms with E-state index in [1.54, 1.807) is 0 Å². The second kappa shape index (κ2) is 4.13. The van der Waals surface area contributed by atoms with Crippen LogP contribution in [0.5, 0.6) is 0 Å². The average Bonchev–Trinajstić information content (AvgIpc) is 2.52. The Morgan fingerprint density at radius 1 is 1.38 bits per heavy atom. The van der Waals surface area contributed by atoms with Crippen molar-refractivity contribution in [3.63, 3.8) is 0 Å². The first-order valence-electron chi connectivity index (χ1n) is 6.22. The zero-order chi connectivity index (χ0) is 11.8. The number of aliphatic hydroxyl groups is 1. The van der Waals surface area contributed by atoms with Crippen molar-refractivity contribution < 1.29 is 14.6 Å². The highest BCUT2D eigenvalue weighted by Crippen LogP contribution is 2.40. The molecule has 0 radical (unpaired) electrons. The van der Waals surface area contributed by atoms with Gasteiger partial charge in [0.15, 0.2) is 5.79 Å². The smallest absolute Gasteiger partial charge is 0.163 e. The van der Waals surface area contributed by atoms with Crippen LogP contribution in [0.4, 0.5) is 0 Å². The lowest BCUT2D eigenvalue weighted by Crippen LogP contribution is -2.48. The Morgan fingerprint density at radius 2 is 2.12 bits per heavy atom. The van der Waals surface area contributed by atoms with Gasteiger partial charge < -0.3 is 14.6 Å². The Balaban J connectivity index is 2.13. The molecule has 0 aromatic heterocycles. The van der Waals surface area contributed by atoms with Crippen LogP contribution in [0.3, 0.4) is 0 Å². The predicted octanol–water partition coefficient (Wildman–Crippen LogP) is 2.39. The highest BCUT2D eigenvalue weighted by molar-refractivity contribution is 5.15. The van der Waals surface area contributed by atoms with Gasteiger partial charge in [-0.3, -0.25) is 0 Å². The van der Waals surface area contributed by atoms with Gasteiger partial charge in [-0.25, -0.2) is 0 Å². The van der Waals surface area contributed by atoms with E-state index in [-0.39, 0.29) is 12.2 Å². The van der Waals surface area contributed by atoms with Crippen molar-refractivity contribution in [3.8, 4) is 0 Å². The van der Waals surface area contributed by atoms with Crippen LogP contribution in [-0.2, 0) is 9.47 Å². The molecule has 92 valence electrons. The van der Waals surface area contributed by atoms with Crippen molar-refractivity contribution in [1.29, 1.82) is 0 Å². The average molecular weight is 226 g/mol. The second-order valence-corrected chi connectivity index (χ2v) is 5.33. The van der Waals surface area contributed by atoms with Gasteiger partial charge in [-0.1, -0.05) is 31.9 Å². The molecule has 1 unspecified atom stereocenters. The summed E-state index contributed by atoms with van der Waals surface area (Å²) in [6.45, 7) is 5.94. The summed E-state index contributed by atoms with van der Waals surface area (Å²) in [4.78, 5) is 0. The molecule has 2 rings (SSSR count). The molecule has 1 fully saturated rings. The van der Waals surface area contributed by atoms with Gasteiger partial charge in [-0.15, -0.1) is 0 Å². The molecular formula is C13H22O3. The molecule has 2 aliphatic rings. The zero-order valence-electron chi connectivity index (χ0n) is 10.4. The van der Waals surface area contributed by atoms with Crippen LogP contribution in [0, 0.1) is 0 Å². The summed E-state index contributed by atoms with van der Waals surface area (Å²) in [7, 11) is 0. The summed E-state index contributed by atoms with van der Waals surface area (Å²) in [5, 5.41) is 10.6. The monoisotopic (exact) mass is 226 g/mol. The predicted molar refractivity (Wildman–Crippen MR) is 62.1 cm³/mol. The first kappa shape index (κ1) is 12.1. The molecule has 0 aromatic carbocycles. The van der Waals surface area contributed by atoms with E-state index < -0.39 is 11.4 Å². The van der Waals surface area contributed by atoms with Gasteiger partial charge in [0.25, 0.3) is 0 Å². The van der Waals surface area contributed by atoms with Crippen molar-refractivity contribution in [2.24, 2.45) is 0 Å². The van der Waals surface area contributed by atoms with Crippen LogP contribution < -0.4 is 0 Å². The minimum absolute atomic E-state index is 0.00172. The molecule has 1 heterocycles. The minimum atomic E-state index is -0.841. The summed E-state index contributed by atoms with van der Waals surface area (Å²) >= 11 is 0. The lowest BCUT2D eigenvalue weighted by molar-refractivity contribution is -0.163. The summed E-state index contributed by atoms with van der Waals surface area (Å²) in [5.41, 5.74) is -0.841. The van der Waals surface area contributed by atoms with Gasteiger partial charge in [0.2, 0.25) is 0 Å². The van der Waals surface area contributed by atoms with Crippen molar-refractivity contribution in [1.82, 2.24) is 0 Å². The molecule has 0 saturated carbocycles. The molecular weight excluding hydrogens is 204 g/mol. The van der Waals surface area contributed by atoms with Crippen LogP contribution in [-0.4, -0.2) is 28.7 Å². The quantitative estimate of drug-likeness (QED) is 0.751. The fourth-order valence-electron chi connectivity index (χ4n) is 2.62. The van der Waals surface area contributed by atoms with E-state index >= 15 is 0 Å². The summed E-state index contributed by atoms with van der Waals surface area (Å²) in [6, 6.07) is 0. The van der Waals surface area contributed by atoms with Crippen LogP contribution in [0.15, 0.2) is 12.2 Å². The van der Waals surface area contributed by atoms with Crippen molar-refractivity contribution in [2.75, 3.05) is 0 Å². The number of hydrogen-bond donors (Lipinski definition) is 1. The van der Waals surface area contributed by atoms with Crippen molar-refractivity contribution >= 4 is 0 Å². The van der Waals surface area contributed by atoms with Gasteiger partial charge in [-0.05, 0) is 26.7 Å². The van der Waals surface area contributed by atoms with Crippen molar-refractivity contribution in [3.05, 3.63) is 12.2 Å². The third-order valence-electron chi connectivity index (χ3n) is 3.38. The highest BCUT2D eigenvalue weighted by Gasteiger charge is 2.51. The second-order valence-electron chi connectivity index (χ2n) is 5.33. The molecule has 0 bridgehead atoms. The standard InChI is InChI=1S/C13H22O3/c1-4-5-8-13(14)9-6-7-10-11(13)16-12(2,3)15-10/h6,9-11,14H,4-5,7-8H2,1-3H3/t10-,11-,13?/m0/s1. The van der Waals surface area contributed by atoms with E-state index in [9.17, 15) is 5.11 Å². The number of rotatable bonds is 3. The first-order chi connectivity index (χ1) is 7.47. The maximum atomic E-state index is 10.6. The molecule has 3 nitrogen and oxygen atoms in total. The maximum Gasteiger partial charge on any atom is 0.163 e. The fourth-order valence-corrected chi connectivity index (χ4v) is 2.62. The van der Waals surface area contributed by atoms with E-state index in [2.05, 4.69) is 6.92 Å². The highest BCUT2D eigenvalue weighted by atomic mass is 16.8.